The maximum absolute atomic E-state index is 2.78. The Labute approximate surface area is 464 Å². The first-order valence-corrected chi connectivity index (χ1v) is 28.3. The van der Waals surface area contributed by atoms with Crippen molar-refractivity contribution in [2.45, 2.75) is 65.2 Å². The fourth-order valence-corrected chi connectivity index (χ4v) is 13.6. The van der Waals surface area contributed by atoms with Gasteiger partial charge in [0.05, 0.1) is 0 Å². The van der Waals surface area contributed by atoms with E-state index in [0.717, 1.165) is 18.5 Å². The van der Waals surface area contributed by atoms with Crippen LogP contribution in [0.2, 0.25) is 0 Å². The standard InChI is InChI=1S/C76H61BN2/c1-75(2,3)55-35-36-69-65(43-55)66-44-56(76(4,5)6)45-67-72-58-32-20-19-31-52(58)42-71-73(72)77(79(69)74(66)67)68-46-63-61(37-48-23-11-7-12-24-48)59-33-21-22-34-60(59)62(38-49-25-13-8-14-26-49)64(63)47-70(68)78(71)57-40-53(50-27-15-9-16-28-50)39-54(41-57)51-29-17-10-18-30-51/h7-36,39-47H,37-38H2,1-6H3. The van der Waals surface area contributed by atoms with Gasteiger partial charge in [-0.2, -0.15) is 0 Å². The second-order valence-electron chi connectivity index (χ2n) is 24.5. The molecule has 15 rings (SSSR count). The molecule has 0 aliphatic carbocycles. The Hall–Kier alpha value is -8.92. The molecule has 79 heavy (non-hydrogen) atoms. The topological polar surface area (TPSA) is 8.17 Å². The summed E-state index contributed by atoms with van der Waals surface area (Å²) < 4.78 is 2.78. The van der Waals surface area contributed by atoms with Crippen molar-refractivity contribution in [3.63, 3.8) is 0 Å². The monoisotopic (exact) mass is 1010 g/mol. The molecule has 0 saturated carbocycles. The molecule has 0 spiro atoms. The highest BCUT2D eigenvalue weighted by Gasteiger charge is 2.45. The molecular formula is C76H61BN2. The summed E-state index contributed by atoms with van der Waals surface area (Å²) in [7, 11) is 0. The summed E-state index contributed by atoms with van der Waals surface area (Å²) in [5.41, 5.74) is 24.1. The second kappa shape index (κ2) is 17.8. The molecule has 378 valence electrons. The van der Waals surface area contributed by atoms with Crippen LogP contribution in [-0.2, 0) is 23.7 Å². The van der Waals surface area contributed by atoms with E-state index in [-0.39, 0.29) is 17.7 Å². The Morgan fingerprint density at radius 1 is 0.380 bits per heavy atom. The summed E-state index contributed by atoms with van der Waals surface area (Å²) in [6, 6.07) is 90.2. The normalized spacial score (nSPS) is 13.0. The van der Waals surface area contributed by atoms with E-state index in [1.54, 1.807) is 0 Å². The first-order chi connectivity index (χ1) is 38.4. The van der Waals surface area contributed by atoms with Gasteiger partial charge in [-0.05, 0) is 183 Å². The van der Waals surface area contributed by atoms with E-state index in [4.69, 9.17) is 0 Å². The van der Waals surface area contributed by atoms with E-state index >= 15 is 0 Å². The van der Waals surface area contributed by atoms with E-state index in [9.17, 15) is 0 Å². The zero-order valence-electron chi connectivity index (χ0n) is 45.9. The van der Waals surface area contributed by atoms with Crippen molar-refractivity contribution >= 4 is 89.0 Å². The van der Waals surface area contributed by atoms with E-state index in [1.165, 1.54) is 143 Å². The van der Waals surface area contributed by atoms with Crippen LogP contribution in [0, 0.1) is 0 Å². The van der Waals surface area contributed by atoms with Crippen molar-refractivity contribution in [3.8, 4) is 33.4 Å². The summed E-state index contributed by atoms with van der Waals surface area (Å²) in [6.45, 7) is 14.0. The Kier molecular flexibility index (Phi) is 10.7. The van der Waals surface area contributed by atoms with Crippen LogP contribution in [0.5, 0.6) is 0 Å². The second-order valence-corrected chi connectivity index (χ2v) is 24.5. The predicted octanol–water partition coefficient (Wildman–Crippen LogP) is 18.8. The van der Waals surface area contributed by atoms with Gasteiger partial charge in [0.2, 0.25) is 0 Å². The van der Waals surface area contributed by atoms with E-state index < -0.39 is 0 Å². The van der Waals surface area contributed by atoms with Crippen LogP contribution in [0.1, 0.15) is 74.9 Å². The van der Waals surface area contributed by atoms with Gasteiger partial charge in [0.1, 0.15) is 0 Å². The van der Waals surface area contributed by atoms with Crippen LogP contribution in [-0.4, -0.2) is 11.3 Å². The maximum Gasteiger partial charge on any atom is 0.333 e. The highest BCUT2D eigenvalue weighted by Crippen LogP contribution is 2.51. The molecule has 2 aliphatic heterocycles. The van der Waals surface area contributed by atoms with E-state index in [2.05, 4.69) is 288 Å². The number of aromatic nitrogens is 1. The Morgan fingerprint density at radius 2 is 0.899 bits per heavy atom. The molecule has 13 aromatic rings. The van der Waals surface area contributed by atoms with Crippen molar-refractivity contribution in [1.29, 1.82) is 0 Å². The van der Waals surface area contributed by atoms with Crippen molar-refractivity contribution in [2.24, 2.45) is 0 Å². The number of anilines is 3. The quantitative estimate of drug-likeness (QED) is 0.114. The summed E-state index contributed by atoms with van der Waals surface area (Å²) in [6.07, 6.45) is 1.62. The number of hydrogen-bond donors (Lipinski definition) is 0. The highest BCUT2D eigenvalue weighted by atomic mass is 15.2. The fraction of sp³-hybridized carbons (Fsp3) is 0.132. The van der Waals surface area contributed by atoms with Crippen LogP contribution in [0.4, 0.5) is 17.1 Å². The molecule has 2 aliphatic rings. The number of benzene rings is 12. The third kappa shape index (κ3) is 7.61. The molecule has 0 fully saturated rings. The fourth-order valence-electron chi connectivity index (χ4n) is 13.6. The maximum atomic E-state index is 2.78. The minimum atomic E-state index is -0.154. The van der Waals surface area contributed by atoms with Crippen molar-refractivity contribution in [1.82, 2.24) is 4.48 Å². The van der Waals surface area contributed by atoms with Crippen molar-refractivity contribution < 1.29 is 0 Å². The molecule has 3 heteroatoms. The molecule has 0 N–H and O–H groups in total. The minimum absolute atomic E-state index is 0.0290. The number of rotatable bonds is 7. The van der Waals surface area contributed by atoms with Crippen LogP contribution < -0.4 is 15.8 Å². The summed E-state index contributed by atoms with van der Waals surface area (Å²) in [4.78, 5) is 2.67. The largest absolute Gasteiger partial charge is 0.375 e. The van der Waals surface area contributed by atoms with Crippen LogP contribution in [0.15, 0.2) is 237 Å². The average Bonchev–Trinajstić information content (AvgIpc) is 3.03. The van der Waals surface area contributed by atoms with Crippen molar-refractivity contribution in [3.05, 3.63) is 270 Å². The van der Waals surface area contributed by atoms with E-state index in [1.807, 2.05) is 0 Å². The van der Waals surface area contributed by atoms with Crippen LogP contribution in [0.3, 0.4) is 0 Å². The number of hydrogen-bond acceptors (Lipinski definition) is 1. The molecule has 12 aromatic carbocycles. The molecule has 0 bridgehead atoms. The SMILES string of the molecule is CC(C)(C)c1ccc2c(c1)c1cc(C(C)(C)C)cc3c1n2B1c2cc4c(Cc5ccccc5)c5ccccc5c(Cc5ccccc5)c4cc2N(c2cc(-c4ccccc4)cc(-c4ccccc4)c2)c2cc4ccccc4c-3c21. The Bertz CT molecular complexity index is 4540. The Morgan fingerprint density at radius 3 is 1.48 bits per heavy atom. The molecule has 0 atom stereocenters. The molecule has 1 aromatic heterocycles. The van der Waals surface area contributed by atoms with Gasteiger partial charge >= 0.3 is 6.85 Å². The molecule has 0 unspecified atom stereocenters. The van der Waals surface area contributed by atoms with Gasteiger partial charge in [0, 0.05) is 44.4 Å². The third-order valence-electron chi connectivity index (χ3n) is 17.5. The van der Waals surface area contributed by atoms with E-state index in [0.29, 0.717) is 0 Å². The molecule has 0 radical (unpaired) electrons. The lowest BCUT2D eigenvalue weighted by Gasteiger charge is -2.42. The summed E-state index contributed by atoms with van der Waals surface area (Å²) >= 11 is 0. The minimum Gasteiger partial charge on any atom is -0.375 e. The van der Waals surface area contributed by atoms with Gasteiger partial charge in [0.15, 0.2) is 0 Å². The van der Waals surface area contributed by atoms with Gasteiger partial charge in [-0.25, -0.2) is 0 Å². The summed E-state index contributed by atoms with van der Waals surface area (Å²) in [5, 5.41) is 10.4. The van der Waals surface area contributed by atoms with Gasteiger partial charge in [-0.3, -0.25) is 0 Å². The number of fused-ring (bicyclic) bond motifs is 11. The van der Waals surface area contributed by atoms with Gasteiger partial charge in [0.25, 0.3) is 0 Å². The lowest BCUT2D eigenvalue weighted by atomic mass is 9.44. The Balaban J connectivity index is 1.15. The van der Waals surface area contributed by atoms with Crippen molar-refractivity contribution in [2.75, 3.05) is 4.90 Å². The first-order valence-electron chi connectivity index (χ1n) is 28.3. The molecular weight excluding hydrogens is 952 g/mol. The lowest BCUT2D eigenvalue weighted by molar-refractivity contribution is 0.590. The molecule has 3 heterocycles. The zero-order valence-corrected chi connectivity index (χ0v) is 45.9. The van der Waals surface area contributed by atoms with Gasteiger partial charge in [-0.1, -0.05) is 224 Å². The van der Waals surface area contributed by atoms with Gasteiger partial charge < -0.3 is 9.38 Å². The van der Waals surface area contributed by atoms with Gasteiger partial charge in [-0.15, -0.1) is 0 Å². The average molecular weight is 1010 g/mol. The summed E-state index contributed by atoms with van der Waals surface area (Å²) in [5.74, 6) is 0. The highest BCUT2D eigenvalue weighted by molar-refractivity contribution is 6.90. The molecule has 0 amide bonds. The molecule has 0 saturated heterocycles. The van der Waals surface area contributed by atoms with Crippen LogP contribution >= 0.6 is 0 Å². The number of nitrogens with zero attached hydrogens (tertiary/aromatic N) is 2. The predicted molar refractivity (Wildman–Crippen MR) is 339 cm³/mol. The first kappa shape index (κ1) is 47.3. The van der Waals surface area contributed by atoms with Crippen LogP contribution in [0.25, 0.3) is 87.5 Å². The zero-order chi connectivity index (χ0) is 53.3. The molecule has 2 nitrogen and oxygen atoms in total. The smallest absolute Gasteiger partial charge is 0.333 e. The third-order valence-corrected chi connectivity index (χ3v) is 17.5. The lowest BCUT2D eigenvalue weighted by Crippen LogP contribution is -2.56.